The Hall–Kier alpha value is -1.15. The summed E-state index contributed by atoms with van der Waals surface area (Å²) in [6.07, 6.45) is 0.202. The Morgan fingerprint density at radius 1 is 1.64 bits per heavy atom. The summed E-state index contributed by atoms with van der Waals surface area (Å²) in [7, 11) is 0. The number of ether oxygens (including phenoxy) is 1. The third-order valence-corrected chi connectivity index (χ3v) is 1.03. The van der Waals surface area contributed by atoms with Crippen LogP contribution < -0.4 is 0 Å². The lowest BCUT2D eigenvalue weighted by molar-refractivity contribution is -0.144. The number of carbonyl (C=O) groups is 1. The summed E-state index contributed by atoms with van der Waals surface area (Å²) >= 11 is 0. The molecule has 0 rings (SSSR count). The molecular weight excluding hydrogens is 144 g/mol. The van der Waals surface area contributed by atoms with Gasteiger partial charge < -0.3 is 10.3 Å². The fourth-order valence-corrected chi connectivity index (χ4v) is 0.538. The van der Waals surface area contributed by atoms with Crippen molar-refractivity contribution in [2.24, 2.45) is 0 Å². The van der Waals surface area contributed by atoms with Crippen LogP contribution in [0.3, 0.4) is 0 Å². The van der Waals surface area contributed by atoms with Crippen LogP contribution >= 0.6 is 0 Å². The summed E-state index contributed by atoms with van der Waals surface area (Å²) in [6, 6.07) is 0. The number of carbonyl (C=O) groups excluding carboxylic acids is 1. The maximum atomic E-state index is 10.9. The summed E-state index contributed by atoms with van der Waals surface area (Å²) in [5.41, 5.74) is 8.35. The van der Waals surface area contributed by atoms with Gasteiger partial charge in [0.05, 0.1) is 12.5 Å². The molecule has 62 valence electrons. The van der Waals surface area contributed by atoms with Gasteiger partial charge in [-0.2, -0.15) is 4.79 Å². The third kappa shape index (κ3) is 3.53. The standard InChI is InChI=1S/C7H12N2O2/c1-4-6(9-8)7(10)11-5(2)3/h5H,4H2,1-3H3. The predicted molar refractivity (Wildman–Crippen MR) is 40.1 cm³/mol. The summed E-state index contributed by atoms with van der Waals surface area (Å²) in [4.78, 5) is 13.7. The number of esters is 1. The molecule has 0 aliphatic heterocycles. The number of rotatable bonds is 3. The van der Waals surface area contributed by atoms with Crippen LogP contribution in [0.2, 0.25) is 0 Å². The predicted octanol–water partition coefficient (Wildman–Crippen LogP) is 1.02. The molecule has 0 aromatic carbocycles. The molecule has 0 bridgehead atoms. The molecule has 0 amide bonds. The molecule has 0 spiro atoms. The van der Waals surface area contributed by atoms with E-state index in [0.29, 0.717) is 6.42 Å². The lowest BCUT2D eigenvalue weighted by Gasteiger charge is -2.02. The van der Waals surface area contributed by atoms with Crippen molar-refractivity contribution in [3.8, 4) is 0 Å². The number of hydrogen-bond acceptors (Lipinski definition) is 2. The highest BCUT2D eigenvalue weighted by Crippen LogP contribution is 1.92. The van der Waals surface area contributed by atoms with Crippen molar-refractivity contribution < 1.29 is 14.3 Å². The first-order chi connectivity index (χ1) is 5.11. The zero-order valence-corrected chi connectivity index (χ0v) is 7.00. The lowest BCUT2D eigenvalue weighted by Crippen LogP contribution is -2.21. The fourth-order valence-electron chi connectivity index (χ4n) is 0.538. The third-order valence-electron chi connectivity index (χ3n) is 1.03. The molecule has 0 atom stereocenters. The van der Waals surface area contributed by atoms with E-state index in [2.05, 4.69) is 4.79 Å². The van der Waals surface area contributed by atoms with E-state index in [4.69, 9.17) is 10.3 Å². The highest BCUT2D eigenvalue weighted by molar-refractivity contribution is 6.33. The van der Waals surface area contributed by atoms with E-state index in [-0.39, 0.29) is 11.8 Å². The van der Waals surface area contributed by atoms with E-state index >= 15 is 0 Å². The first-order valence-electron chi connectivity index (χ1n) is 3.53. The molecule has 4 heteroatoms. The van der Waals surface area contributed by atoms with Crippen LogP contribution in [0.15, 0.2) is 0 Å². The van der Waals surface area contributed by atoms with Gasteiger partial charge in [0.2, 0.25) is 0 Å². The second kappa shape index (κ2) is 4.63. The summed E-state index contributed by atoms with van der Waals surface area (Å²) in [6.45, 7) is 5.20. The van der Waals surface area contributed by atoms with Gasteiger partial charge in [-0.25, -0.2) is 4.79 Å². The largest absolute Gasteiger partial charge is 0.454 e. The Bertz CT molecular complexity index is 193. The van der Waals surface area contributed by atoms with Crippen molar-refractivity contribution in [1.82, 2.24) is 0 Å². The lowest BCUT2D eigenvalue weighted by atomic mass is 10.3. The maximum Gasteiger partial charge on any atom is 0.417 e. The molecule has 0 heterocycles. The van der Waals surface area contributed by atoms with Crippen LogP contribution in [-0.4, -0.2) is 22.6 Å². The topological polar surface area (TPSA) is 62.7 Å². The van der Waals surface area contributed by atoms with Crippen LogP contribution in [-0.2, 0) is 9.53 Å². The van der Waals surface area contributed by atoms with Crippen LogP contribution in [0.5, 0.6) is 0 Å². The zero-order valence-electron chi connectivity index (χ0n) is 7.00. The average molecular weight is 156 g/mol. The highest BCUT2D eigenvalue weighted by Gasteiger charge is 2.19. The van der Waals surface area contributed by atoms with Crippen molar-refractivity contribution in [1.29, 1.82) is 0 Å². The smallest absolute Gasteiger partial charge is 0.417 e. The van der Waals surface area contributed by atoms with E-state index in [9.17, 15) is 4.79 Å². The van der Waals surface area contributed by atoms with Crippen molar-refractivity contribution >= 4 is 11.7 Å². The normalized spacial score (nSPS) is 9.09. The van der Waals surface area contributed by atoms with Crippen LogP contribution in [0.25, 0.3) is 5.53 Å². The maximum absolute atomic E-state index is 10.9. The second-order valence-electron chi connectivity index (χ2n) is 2.35. The highest BCUT2D eigenvalue weighted by atomic mass is 16.5. The molecule has 0 radical (unpaired) electrons. The Morgan fingerprint density at radius 2 is 2.18 bits per heavy atom. The van der Waals surface area contributed by atoms with Gasteiger partial charge in [-0.15, -0.1) is 0 Å². The van der Waals surface area contributed by atoms with Crippen molar-refractivity contribution in [3.05, 3.63) is 5.53 Å². The van der Waals surface area contributed by atoms with Crippen LogP contribution in [0.4, 0.5) is 0 Å². The molecule has 0 saturated carbocycles. The summed E-state index contributed by atoms with van der Waals surface area (Å²) < 4.78 is 4.76. The molecule has 4 nitrogen and oxygen atoms in total. The van der Waals surface area contributed by atoms with E-state index in [0.717, 1.165) is 0 Å². The van der Waals surface area contributed by atoms with Crippen molar-refractivity contribution in [3.63, 3.8) is 0 Å². The molecule has 0 aliphatic carbocycles. The first kappa shape index (κ1) is 9.85. The molecule has 0 unspecified atom stereocenters. The van der Waals surface area contributed by atoms with Gasteiger partial charge in [-0.3, -0.25) is 0 Å². The minimum absolute atomic E-state index is 0.0544. The minimum Gasteiger partial charge on any atom is -0.454 e. The molecule has 0 N–H and O–H groups in total. The molecule has 0 aromatic heterocycles. The van der Waals surface area contributed by atoms with Gasteiger partial charge in [0.25, 0.3) is 0 Å². The van der Waals surface area contributed by atoms with Gasteiger partial charge >= 0.3 is 11.7 Å². The van der Waals surface area contributed by atoms with E-state index in [1.54, 1.807) is 20.8 Å². The van der Waals surface area contributed by atoms with Gasteiger partial charge in [0.15, 0.2) is 0 Å². The zero-order chi connectivity index (χ0) is 8.85. The number of hydrogen-bond donors (Lipinski definition) is 0. The molecule has 0 saturated heterocycles. The van der Waals surface area contributed by atoms with E-state index in [1.807, 2.05) is 0 Å². The average Bonchev–Trinajstić information content (AvgIpc) is 1.88. The summed E-state index contributed by atoms with van der Waals surface area (Å²) in [5.74, 6) is -0.551. The van der Waals surface area contributed by atoms with Gasteiger partial charge in [0.1, 0.15) is 0 Å². The molecule has 11 heavy (non-hydrogen) atoms. The Kier molecular flexibility index (Phi) is 4.15. The fraction of sp³-hybridized carbons (Fsp3) is 0.714. The van der Waals surface area contributed by atoms with Crippen molar-refractivity contribution in [2.75, 3.05) is 0 Å². The molecule has 0 fully saturated rings. The first-order valence-corrected chi connectivity index (χ1v) is 3.53. The van der Waals surface area contributed by atoms with E-state index in [1.165, 1.54) is 0 Å². The number of nitrogens with zero attached hydrogens (tertiary/aromatic N) is 2. The van der Waals surface area contributed by atoms with E-state index < -0.39 is 5.97 Å². The van der Waals surface area contributed by atoms with Gasteiger partial charge in [-0.1, -0.05) is 6.92 Å². The molecule has 0 aromatic rings. The minimum atomic E-state index is -0.551. The molecule has 0 aliphatic rings. The second-order valence-corrected chi connectivity index (χ2v) is 2.35. The van der Waals surface area contributed by atoms with Crippen LogP contribution in [0.1, 0.15) is 27.2 Å². The van der Waals surface area contributed by atoms with Gasteiger partial charge in [0, 0.05) is 0 Å². The molecular formula is C7H12N2O2. The van der Waals surface area contributed by atoms with Gasteiger partial charge in [-0.05, 0) is 13.8 Å². The van der Waals surface area contributed by atoms with Crippen LogP contribution in [0, 0.1) is 0 Å². The summed E-state index contributed by atoms with van der Waals surface area (Å²) in [5, 5.41) is 0. The Labute approximate surface area is 65.8 Å². The monoisotopic (exact) mass is 156 g/mol. The Balaban J connectivity index is 4.13. The Morgan fingerprint density at radius 3 is 2.45 bits per heavy atom. The SMILES string of the molecule is CCC(=[N+]=[N-])C(=O)OC(C)C. The quantitative estimate of drug-likeness (QED) is 0.265. The van der Waals surface area contributed by atoms with Crippen molar-refractivity contribution in [2.45, 2.75) is 33.3 Å².